The molecular formula is C13H26O. The largest absolute Gasteiger partial charge is 0.378 e. The normalized spacial score (nSPS) is 31.7. The van der Waals surface area contributed by atoms with E-state index >= 15 is 0 Å². The van der Waals surface area contributed by atoms with Crippen LogP contribution in [0.15, 0.2) is 0 Å². The zero-order valence-electron chi connectivity index (χ0n) is 10.3. The zero-order valence-corrected chi connectivity index (χ0v) is 10.3. The van der Waals surface area contributed by atoms with Gasteiger partial charge in [-0.15, -0.1) is 0 Å². The van der Waals surface area contributed by atoms with E-state index in [1.165, 1.54) is 32.1 Å². The van der Waals surface area contributed by atoms with Crippen molar-refractivity contribution in [2.75, 3.05) is 6.61 Å². The Hall–Kier alpha value is -0.0400. The number of hydrogen-bond acceptors (Lipinski definition) is 1. The molecule has 0 spiro atoms. The maximum Gasteiger partial charge on any atom is 0.0578 e. The molecule has 0 heterocycles. The maximum atomic E-state index is 5.89. The summed E-state index contributed by atoms with van der Waals surface area (Å²) in [6.07, 6.45) is 6.86. The summed E-state index contributed by atoms with van der Waals surface area (Å²) < 4.78 is 5.89. The van der Waals surface area contributed by atoms with Crippen LogP contribution in [0.25, 0.3) is 0 Å². The van der Waals surface area contributed by atoms with Gasteiger partial charge in [-0.1, -0.05) is 34.1 Å². The molecule has 1 rings (SSSR count). The standard InChI is InChI=1S/C13H26O/c1-5-6-9-14-12-7-8-13(3,4)11(2)10-12/h11-12H,5-10H2,1-4H3/t11-,12-/m0/s1. The van der Waals surface area contributed by atoms with Crippen LogP contribution in [0.3, 0.4) is 0 Å². The van der Waals surface area contributed by atoms with E-state index in [1.54, 1.807) is 0 Å². The molecule has 0 aromatic carbocycles. The third-order valence-electron chi connectivity index (χ3n) is 3.91. The molecule has 0 aromatic rings. The van der Waals surface area contributed by atoms with Crippen molar-refractivity contribution in [1.82, 2.24) is 0 Å². The molecule has 14 heavy (non-hydrogen) atoms. The predicted molar refractivity (Wildman–Crippen MR) is 61.4 cm³/mol. The lowest BCUT2D eigenvalue weighted by atomic mass is 9.69. The third-order valence-corrected chi connectivity index (χ3v) is 3.91. The highest BCUT2D eigenvalue weighted by Gasteiger charge is 2.33. The van der Waals surface area contributed by atoms with Gasteiger partial charge in [-0.05, 0) is 37.0 Å². The number of unbranched alkanes of at least 4 members (excludes halogenated alkanes) is 1. The third kappa shape index (κ3) is 3.27. The van der Waals surface area contributed by atoms with Gasteiger partial charge < -0.3 is 4.74 Å². The molecule has 0 bridgehead atoms. The molecule has 0 radical (unpaired) electrons. The van der Waals surface area contributed by atoms with Crippen molar-refractivity contribution in [1.29, 1.82) is 0 Å². The minimum Gasteiger partial charge on any atom is -0.378 e. The van der Waals surface area contributed by atoms with Crippen LogP contribution < -0.4 is 0 Å². The average molecular weight is 198 g/mol. The molecule has 1 fully saturated rings. The van der Waals surface area contributed by atoms with Gasteiger partial charge in [0.2, 0.25) is 0 Å². The maximum absolute atomic E-state index is 5.89. The summed E-state index contributed by atoms with van der Waals surface area (Å²) in [5, 5.41) is 0. The monoisotopic (exact) mass is 198 g/mol. The van der Waals surface area contributed by atoms with E-state index in [4.69, 9.17) is 4.74 Å². The highest BCUT2D eigenvalue weighted by atomic mass is 16.5. The van der Waals surface area contributed by atoms with Crippen molar-refractivity contribution in [2.24, 2.45) is 11.3 Å². The van der Waals surface area contributed by atoms with Crippen molar-refractivity contribution >= 4 is 0 Å². The molecule has 1 nitrogen and oxygen atoms in total. The second kappa shape index (κ2) is 5.16. The molecule has 0 aliphatic heterocycles. The van der Waals surface area contributed by atoms with E-state index in [2.05, 4.69) is 27.7 Å². The van der Waals surface area contributed by atoms with Crippen LogP contribution in [0.5, 0.6) is 0 Å². The molecule has 1 saturated carbocycles. The SMILES string of the molecule is CCCCO[C@H]1CCC(C)(C)[C@@H](C)C1. The Bertz CT molecular complexity index is 163. The predicted octanol–water partition coefficient (Wildman–Crippen LogP) is 4.02. The minimum atomic E-state index is 0.532. The van der Waals surface area contributed by atoms with E-state index in [0.29, 0.717) is 11.5 Å². The molecule has 0 N–H and O–H groups in total. The van der Waals surface area contributed by atoms with Crippen LogP contribution in [0, 0.1) is 11.3 Å². The number of ether oxygens (including phenoxy) is 1. The summed E-state index contributed by atoms with van der Waals surface area (Å²) in [6, 6.07) is 0. The van der Waals surface area contributed by atoms with Gasteiger partial charge in [0, 0.05) is 6.61 Å². The molecule has 1 aliphatic rings. The van der Waals surface area contributed by atoms with E-state index in [9.17, 15) is 0 Å². The van der Waals surface area contributed by atoms with E-state index in [-0.39, 0.29) is 0 Å². The van der Waals surface area contributed by atoms with Gasteiger partial charge >= 0.3 is 0 Å². The molecular weight excluding hydrogens is 172 g/mol. The first-order valence-corrected chi connectivity index (χ1v) is 6.18. The van der Waals surface area contributed by atoms with Gasteiger partial charge in [-0.2, -0.15) is 0 Å². The van der Waals surface area contributed by atoms with Crippen molar-refractivity contribution in [3.05, 3.63) is 0 Å². The van der Waals surface area contributed by atoms with E-state index in [1.807, 2.05) is 0 Å². The van der Waals surface area contributed by atoms with E-state index in [0.717, 1.165) is 12.5 Å². The zero-order chi connectivity index (χ0) is 10.6. The molecule has 0 saturated heterocycles. The van der Waals surface area contributed by atoms with Crippen LogP contribution in [-0.4, -0.2) is 12.7 Å². The fraction of sp³-hybridized carbons (Fsp3) is 1.00. The van der Waals surface area contributed by atoms with E-state index < -0.39 is 0 Å². The first-order chi connectivity index (χ1) is 6.56. The summed E-state index contributed by atoms with van der Waals surface area (Å²) in [4.78, 5) is 0. The highest BCUT2D eigenvalue weighted by Crippen LogP contribution is 2.41. The van der Waals surface area contributed by atoms with Crippen molar-refractivity contribution in [3.63, 3.8) is 0 Å². The number of rotatable bonds is 4. The lowest BCUT2D eigenvalue weighted by molar-refractivity contribution is -0.0215. The lowest BCUT2D eigenvalue weighted by Gasteiger charge is -2.40. The fourth-order valence-electron chi connectivity index (χ4n) is 2.16. The van der Waals surface area contributed by atoms with Gasteiger partial charge in [0.25, 0.3) is 0 Å². The summed E-state index contributed by atoms with van der Waals surface area (Å²) in [5.74, 6) is 0.808. The molecule has 0 amide bonds. The Morgan fingerprint density at radius 3 is 2.64 bits per heavy atom. The summed E-state index contributed by atoms with van der Waals surface area (Å²) >= 11 is 0. The highest BCUT2D eigenvalue weighted by molar-refractivity contribution is 4.84. The second-order valence-electron chi connectivity index (χ2n) is 5.51. The van der Waals surface area contributed by atoms with Crippen LogP contribution in [-0.2, 0) is 4.74 Å². The van der Waals surface area contributed by atoms with Crippen LogP contribution in [0.1, 0.15) is 59.8 Å². The van der Waals surface area contributed by atoms with Crippen LogP contribution in [0.4, 0.5) is 0 Å². The second-order valence-corrected chi connectivity index (χ2v) is 5.51. The van der Waals surface area contributed by atoms with Crippen molar-refractivity contribution in [3.8, 4) is 0 Å². The van der Waals surface area contributed by atoms with Crippen LogP contribution >= 0.6 is 0 Å². The number of hydrogen-bond donors (Lipinski definition) is 0. The topological polar surface area (TPSA) is 9.23 Å². The first kappa shape index (κ1) is 12.0. The van der Waals surface area contributed by atoms with Gasteiger partial charge in [0.1, 0.15) is 0 Å². The summed E-state index contributed by atoms with van der Waals surface area (Å²) in [7, 11) is 0. The van der Waals surface area contributed by atoms with Gasteiger partial charge in [-0.25, -0.2) is 0 Å². The van der Waals surface area contributed by atoms with Gasteiger partial charge in [0.15, 0.2) is 0 Å². The van der Waals surface area contributed by atoms with Crippen LogP contribution in [0.2, 0.25) is 0 Å². The molecule has 1 heteroatoms. The molecule has 0 unspecified atom stereocenters. The van der Waals surface area contributed by atoms with Gasteiger partial charge in [0.05, 0.1) is 6.10 Å². The first-order valence-electron chi connectivity index (χ1n) is 6.18. The molecule has 0 aromatic heterocycles. The quantitative estimate of drug-likeness (QED) is 0.620. The average Bonchev–Trinajstić information content (AvgIpc) is 2.12. The van der Waals surface area contributed by atoms with Crippen molar-refractivity contribution in [2.45, 2.75) is 65.9 Å². The Labute approximate surface area is 89.2 Å². The smallest absolute Gasteiger partial charge is 0.0578 e. The van der Waals surface area contributed by atoms with Gasteiger partial charge in [-0.3, -0.25) is 0 Å². The summed E-state index contributed by atoms with van der Waals surface area (Å²) in [5.41, 5.74) is 0.532. The van der Waals surface area contributed by atoms with Crippen molar-refractivity contribution < 1.29 is 4.74 Å². The fourth-order valence-corrected chi connectivity index (χ4v) is 2.16. The molecule has 84 valence electrons. The Morgan fingerprint density at radius 1 is 1.36 bits per heavy atom. The molecule has 1 aliphatic carbocycles. The Morgan fingerprint density at radius 2 is 2.07 bits per heavy atom. The molecule has 2 atom stereocenters. The Balaban J connectivity index is 2.25. The minimum absolute atomic E-state index is 0.532. The summed E-state index contributed by atoms with van der Waals surface area (Å²) in [6.45, 7) is 10.3. The lowest BCUT2D eigenvalue weighted by Crippen LogP contribution is -2.33. The Kier molecular flexibility index (Phi) is 4.43.